The van der Waals surface area contributed by atoms with Crippen LogP contribution in [0.15, 0.2) is 59.6 Å². The normalized spacial score (nSPS) is 19.5. The fourth-order valence-electron chi connectivity index (χ4n) is 2.80. The molecule has 1 fully saturated rings. The Morgan fingerprint density at radius 1 is 1.04 bits per heavy atom. The summed E-state index contributed by atoms with van der Waals surface area (Å²) in [6.45, 7) is 4.24. The van der Waals surface area contributed by atoms with Crippen molar-refractivity contribution in [3.63, 3.8) is 0 Å². The number of hydrogen-bond acceptors (Lipinski definition) is 2. The van der Waals surface area contributed by atoms with E-state index in [1.54, 1.807) is 0 Å². The summed E-state index contributed by atoms with van der Waals surface area (Å²) in [5.74, 6) is 1.62. The molecule has 2 atom stereocenters. The Bertz CT molecular complexity index is 699. The standard InChI is InChI=1S/C21H27N3O/c1-16-12-20(16)24-21(22-2)23-13-18-10-6-7-11-19(18)15-25-14-17-8-4-3-5-9-17/h3-11,16,20H,12-15H2,1-2H3,(H2,22,23,24). The molecule has 25 heavy (non-hydrogen) atoms. The van der Waals surface area contributed by atoms with Crippen LogP contribution in [0.25, 0.3) is 0 Å². The highest BCUT2D eigenvalue weighted by Gasteiger charge is 2.33. The summed E-state index contributed by atoms with van der Waals surface area (Å²) >= 11 is 0. The molecular weight excluding hydrogens is 310 g/mol. The Labute approximate surface area is 150 Å². The Kier molecular flexibility index (Phi) is 6.07. The fourth-order valence-corrected chi connectivity index (χ4v) is 2.80. The van der Waals surface area contributed by atoms with Crippen molar-refractivity contribution in [3.05, 3.63) is 71.3 Å². The van der Waals surface area contributed by atoms with Gasteiger partial charge >= 0.3 is 0 Å². The summed E-state index contributed by atoms with van der Waals surface area (Å²) < 4.78 is 5.89. The highest BCUT2D eigenvalue weighted by Crippen LogP contribution is 2.28. The fraction of sp³-hybridized carbons (Fsp3) is 0.381. The van der Waals surface area contributed by atoms with E-state index in [-0.39, 0.29) is 0 Å². The van der Waals surface area contributed by atoms with Gasteiger partial charge in [0.25, 0.3) is 0 Å². The third-order valence-electron chi connectivity index (χ3n) is 4.59. The minimum Gasteiger partial charge on any atom is -0.372 e. The van der Waals surface area contributed by atoms with Crippen molar-refractivity contribution in [1.82, 2.24) is 10.6 Å². The van der Waals surface area contributed by atoms with Gasteiger partial charge in [-0.25, -0.2) is 0 Å². The van der Waals surface area contributed by atoms with Crippen molar-refractivity contribution in [2.75, 3.05) is 7.05 Å². The van der Waals surface area contributed by atoms with Crippen molar-refractivity contribution < 1.29 is 4.74 Å². The van der Waals surface area contributed by atoms with E-state index in [2.05, 4.69) is 58.9 Å². The smallest absolute Gasteiger partial charge is 0.191 e. The van der Waals surface area contributed by atoms with Crippen LogP contribution in [-0.2, 0) is 24.5 Å². The van der Waals surface area contributed by atoms with Gasteiger partial charge in [-0.1, -0.05) is 61.5 Å². The number of benzene rings is 2. The number of ether oxygens (including phenoxy) is 1. The molecular formula is C21H27N3O. The van der Waals surface area contributed by atoms with E-state index >= 15 is 0 Å². The quantitative estimate of drug-likeness (QED) is 0.601. The Hall–Kier alpha value is -2.33. The maximum Gasteiger partial charge on any atom is 0.191 e. The number of guanidine groups is 1. The molecule has 3 rings (SSSR count). The molecule has 0 radical (unpaired) electrons. The highest BCUT2D eigenvalue weighted by molar-refractivity contribution is 5.80. The number of hydrogen-bond donors (Lipinski definition) is 2. The van der Waals surface area contributed by atoms with Crippen LogP contribution < -0.4 is 10.6 Å². The van der Waals surface area contributed by atoms with Gasteiger partial charge in [0, 0.05) is 19.6 Å². The molecule has 2 aromatic rings. The lowest BCUT2D eigenvalue weighted by atomic mass is 10.1. The van der Waals surface area contributed by atoms with Crippen LogP contribution in [0.2, 0.25) is 0 Å². The highest BCUT2D eigenvalue weighted by atomic mass is 16.5. The molecule has 1 saturated carbocycles. The van der Waals surface area contributed by atoms with Gasteiger partial charge in [0.2, 0.25) is 0 Å². The number of aliphatic imine (C=N–C) groups is 1. The van der Waals surface area contributed by atoms with E-state index < -0.39 is 0 Å². The van der Waals surface area contributed by atoms with Gasteiger partial charge in [0.05, 0.1) is 13.2 Å². The largest absolute Gasteiger partial charge is 0.372 e. The van der Waals surface area contributed by atoms with Gasteiger partial charge in [-0.3, -0.25) is 4.99 Å². The lowest BCUT2D eigenvalue weighted by Crippen LogP contribution is -2.38. The molecule has 132 valence electrons. The van der Waals surface area contributed by atoms with Gasteiger partial charge in [-0.05, 0) is 29.0 Å². The van der Waals surface area contributed by atoms with Crippen LogP contribution in [0.1, 0.15) is 30.0 Å². The molecule has 0 saturated heterocycles. The zero-order valence-corrected chi connectivity index (χ0v) is 15.0. The van der Waals surface area contributed by atoms with Crippen LogP contribution in [0, 0.1) is 5.92 Å². The van der Waals surface area contributed by atoms with Crippen molar-refractivity contribution in [2.45, 2.75) is 39.1 Å². The molecule has 0 aliphatic heterocycles. The van der Waals surface area contributed by atoms with Crippen LogP contribution >= 0.6 is 0 Å². The van der Waals surface area contributed by atoms with Crippen molar-refractivity contribution in [1.29, 1.82) is 0 Å². The van der Waals surface area contributed by atoms with Gasteiger partial charge in [-0.2, -0.15) is 0 Å². The molecule has 2 aromatic carbocycles. The minimum atomic E-state index is 0.565. The molecule has 2 N–H and O–H groups in total. The van der Waals surface area contributed by atoms with Gasteiger partial charge in [0.1, 0.15) is 0 Å². The van der Waals surface area contributed by atoms with Gasteiger partial charge < -0.3 is 15.4 Å². The average molecular weight is 337 g/mol. The molecule has 0 bridgehead atoms. The minimum absolute atomic E-state index is 0.565. The van der Waals surface area contributed by atoms with Crippen LogP contribution in [0.3, 0.4) is 0 Å². The topological polar surface area (TPSA) is 45.7 Å². The van der Waals surface area contributed by atoms with Crippen LogP contribution in [0.4, 0.5) is 0 Å². The first-order chi connectivity index (χ1) is 12.3. The SMILES string of the molecule is CN=C(NCc1ccccc1COCc1ccccc1)NC1CC1C. The lowest BCUT2D eigenvalue weighted by Gasteiger charge is -2.14. The van der Waals surface area contributed by atoms with Gasteiger partial charge in [-0.15, -0.1) is 0 Å². The van der Waals surface area contributed by atoms with E-state index in [0.29, 0.717) is 19.3 Å². The van der Waals surface area contributed by atoms with Crippen LogP contribution in [0.5, 0.6) is 0 Å². The number of nitrogens with one attached hydrogen (secondary N) is 2. The predicted molar refractivity (Wildman–Crippen MR) is 102 cm³/mol. The summed E-state index contributed by atoms with van der Waals surface area (Å²) in [5, 5.41) is 6.86. The molecule has 2 unspecified atom stereocenters. The molecule has 4 heteroatoms. The zero-order valence-electron chi connectivity index (χ0n) is 15.0. The average Bonchev–Trinajstić information content (AvgIpc) is 3.35. The third kappa shape index (κ3) is 5.33. The molecule has 1 aliphatic carbocycles. The second-order valence-electron chi connectivity index (χ2n) is 6.64. The first kappa shape index (κ1) is 17.5. The summed E-state index contributed by atoms with van der Waals surface area (Å²) in [4.78, 5) is 4.31. The number of nitrogens with zero attached hydrogens (tertiary/aromatic N) is 1. The number of rotatable bonds is 7. The maximum absolute atomic E-state index is 5.89. The zero-order chi connectivity index (χ0) is 17.5. The van der Waals surface area contributed by atoms with E-state index in [9.17, 15) is 0 Å². The monoisotopic (exact) mass is 337 g/mol. The van der Waals surface area contributed by atoms with E-state index in [0.717, 1.165) is 18.4 Å². The second kappa shape index (κ2) is 8.67. The lowest BCUT2D eigenvalue weighted by molar-refractivity contribution is 0.106. The van der Waals surface area contributed by atoms with Crippen molar-refractivity contribution >= 4 is 5.96 Å². The first-order valence-corrected chi connectivity index (χ1v) is 8.92. The maximum atomic E-state index is 5.89. The third-order valence-corrected chi connectivity index (χ3v) is 4.59. The van der Waals surface area contributed by atoms with E-state index in [1.165, 1.54) is 23.1 Å². The molecule has 0 heterocycles. The summed E-state index contributed by atoms with van der Waals surface area (Å²) in [5.41, 5.74) is 3.64. The molecule has 4 nitrogen and oxygen atoms in total. The summed E-state index contributed by atoms with van der Waals surface area (Å²) in [6, 6.07) is 19.2. The Morgan fingerprint density at radius 2 is 1.72 bits per heavy atom. The Morgan fingerprint density at radius 3 is 2.40 bits per heavy atom. The van der Waals surface area contributed by atoms with E-state index in [4.69, 9.17) is 4.74 Å². The van der Waals surface area contributed by atoms with Crippen LogP contribution in [-0.4, -0.2) is 19.0 Å². The predicted octanol–water partition coefficient (Wildman–Crippen LogP) is 3.48. The molecule has 0 amide bonds. The summed E-state index contributed by atoms with van der Waals surface area (Å²) in [6.07, 6.45) is 1.23. The van der Waals surface area contributed by atoms with Crippen molar-refractivity contribution in [3.8, 4) is 0 Å². The Balaban J connectivity index is 1.51. The summed E-state index contributed by atoms with van der Waals surface area (Å²) in [7, 11) is 1.82. The molecule has 1 aliphatic rings. The van der Waals surface area contributed by atoms with Crippen molar-refractivity contribution in [2.24, 2.45) is 10.9 Å². The molecule has 0 spiro atoms. The second-order valence-corrected chi connectivity index (χ2v) is 6.64. The first-order valence-electron chi connectivity index (χ1n) is 8.92. The van der Waals surface area contributed by atoms with E-state index in [1.807, 2.05) is 25.2 Å². The van der Waals surface area contributed by atoms with Gasteiger partial charge in [0.15, 0.2) is 5.96 Å². The molecule has 0 aromatic heterocycles.